The largest absolute Gasteiger partial charge is 0.504 e. The average molecular weight is 338 g/mol. The van der Waals surface area contributed by atoms with Gasteiger partial charge in [-0.3, -0.25) is 14.6 Å². The predicted molar refractivity (Wildman–Crippen MR) is 97.4 cm³/mol. The van der Waals surface area contributed by atoms with E-state index in [9.17, 15) is 9.59 Å². The smallest absolute Gasteiger partial charge is 0.226 e. The second kappa shape index (κ2) is 6.35. The van der Waals surface area contributed by atoms with Gasteiger partial charge in [0.05, 0.1) is 36.0 Å². The van der Waals surface area contributed by atoms with E-state index in [2.05, 4.69) is 15.3 Å². The molecule has 1 aromatic carbocycles. The summed E-state index contributed by atoms with van der Waals surface area (Å²) in [6.45, 7) is 3.58. The fourth-order valence-corrected chi connectivity index (χ4v) is 2.53. The van der Waals surface area contributed by atoms with Crippen molar-refractivity contribution in [1.82, 2.24) is 4.98 Å². The normalized spacial score (nSPS) is 12.3. The molecule has 0 spiro atoms. The maximum absolute atomic E-state index is 12.3. The summed E-state index contributed by atoms with van der Waals surface area (Å²) in [5, 5.41) is 3.55. The first-order valence-electron chi connectivity index (χ1n) is 7.78. The number of rotatable bonds is 5. The highest BCUT2D eigenvalue weighted by Crippen LogP contribution is 2.41. The quantitative estimate of drug-likeness (QED) is 0.322. The molecule has 0 bridgehead atoms. The highest BCUT2D eigenvalue weighted by molar-refractivity contribution is 6.19. The van der Waals surface area contributed by atoms with Crippen molar-refractivity contribution in [2.24, 2.45) is 10.9 Å². The number of nitrogens with zero attached hydrogens (tertiary/aromatic N) is 2. The van der Waals surface area contributed by atoms with Crippen molar-refractivity contribution in [1.29, 1.82) is 0 Å². The lowest BCUT2D eigenvalue weighted by molar-refractivity contribution is -0.118. The maximum atomic E-state index is 12.3. The summed E-state index contributed by atoms with van der Waals surface area (Å²) in [5.41, 5.74) is 9.04. The summed E-state index contributed by atoms with van der Waals surface area (Å²) < 4.78 is 4.78. The number of methoxy groups -OCH3 is 1. The number of aromatic nitrogens is 1. The van der Waals surface area contributed by atoms with Crippen LogP contribution in [-0.2, 0) is 9.53 Å². The van der Waals surface area contributed by atoms with Crippen molar-refractivity contribution < 1.29 is 14.3 Å². The fourth-order valence-electron chi connectivity index (χ4n) is 2.53. The topological polar surface area (TPSA) is 107 Å². The van der Waals surface area contributed by atoms with Crippen molar-refractivity contribution in [3.63, 3.8) is 0 Å². The van der Waals surface area contributed by atoms with Gasteiger partial charge in [-0.05, 0) is 12.1 Å². The minimum Gasteiger partial charge on any atom is -0.504 e. The van der Waals surface area contributed by atoms with Crippen molar-refractivity contribution in [3.8, 4) is 0 Å². The van der Waals surface area contributed by atoms with Gasteiger partial charge in [0.15, 0.2) is 0 Å². The van der Waals surface area contributed by atoms with Crippen LogP contribution in [0.4, 0.5) is 17.1 Å². The Kier molecular flexibility index (Phi) is 4.22. The third-order valence-electron chi connectivity index (χ3n) is 3.84. The molecule has 128 valence electrons. The van der Waals surface area contributed by atoms with E-state index in [1.165, 1.54) is 19.4 Å². The molecule has 0 fully saturated rings. The van der Waals surface area contributed by atoms with Crippen LogP contribution >= 0.6 is 0 Å². The Balaban J connectivity index is 2.19. The number of anilines is 2. The summed E-state index contributed by atoms with van der Waals surface area (Å²) in [7, 11) is 1.46. The molecule has 0 saturated heterocycles. The van der Waals surface area contributed by atoms with Gasteiger partial charge < -0.3 is 15.8 Å². The number of nitrogens with two attached hydrogens (primary N) is 1. The number of hydrogen-bond donors (Lipinski definition) is 2. The zero-order valence-corrected chi connectivity index (χ0v) is 14.2. The van der Waals surface area contributed by atoms with E-state index in [0.29, 0.717) is 22.6 Å². The molecule has 0 radical (unpaired) electrons. The summed E-state index contributed by atoms with van der Waals surface area (Å²) in [6.07, 6.45) is 4.22. The predicted octanol–water partition coefficient (Wildman–Crippen LogP) is 2.82. The Bertz CT molecular complexity index is 945. The Hall–Kier alpha value is -3.22. The lowest BCUT2D eigenvalue weighted by Gasteiger charge is -2.13. The summed E-state index contributed by atoms with van der Waals surface area (Å²) >= 11 is 0. The van der Waals surface area contributed by atoms with Crippen LogP contribution in [0.2, 0.25) is 0 Å². The number of ether oxygens (including phenoxy) is 1. The number of nitrogens with one attached hydrogen (secondary N) is 1. The van der Waals surface area contributed by atoms with Gasteiger partial charge in [-0.25, -0.2) is 4.98 Å². The second-order valence-electron chi connectivity index (χ2n) is 5.99. The highest BCUT2D eigenvalue weighted by Gasteiger charge is 2.22. The van der Waals surface area contributed by atoms with Gasteiger partial charge in [0, 0.05) is 29.2 Å². The number of amides is 1. The van der Waals surface area contributed by atoms with Gasteiger partial charge in [-0.1, -0.05) is 13.8 Å². The van der Waals surface area contributed by atoms with Crippen molar-refractivity contribution >= 4 is 45.9 Å². The summed E-state index contributed by atoms with van der Waals surface area (Å²) in [4.78, 5) is 33.1. The minimum atomic E-state index is -0.306. The van der Waals surface area contributed by atoms with Crippen LogP contribution in [0, 0.1) is 5.92 Å². The SMILES string of the molecule is COC=CC(=O)c1cc2c3c(c(N)cc(NC(=O)C(C)C)c3n1)N=C2. The molecule has 0 unspecified atom stereocenters. The van der Waals surface area contributed by atoms with E-state index in [0.717, 1.165) is 10.9 Å². The van der Waals surface area contributed by atoms with Crippen molar-refractivity contribution in [2.45, 2.75) is 13.8 Å². The van der Waals surface area contributed by atoms with Gasteiger partial charge in [0.25, 0.3) is 0 Å². The van der Waals surface area contributed by atoms with E-state index in [-0.39, 0.29) is 23.3 Å². The third-order valence-corrected chi connectivity index (χ3v) is 3.84. The Morgan fingerprint density at radius 2 is 2.08 bits per heavy atom. The first-order chi connectivity index (χ1) is 11.9. The van der Waals surface area contributed by atoms with Gasteiger partial charge in [0.1, 0.15) is 5.69 Å². The van der Waals surface area contributed by atoms with Gasteiger partial charge >= 0.3 is 0 Å². The van der Waals surface area contributed by atoms with Crippen LogP contribution in [-0.4, -0.2) is 30.0 Å². The Morgan fingerprint density at radius 3 is 2.76 bits per heavy atom. The van der Waals surface area contributed by atoms with Gasteiger partial charge in [-0.15, -0.1) is 0 Å². The van der Waals surface area contributed by atoms with E-state index >= 15 is 0 Å². The number of carbonyl (C=O) groups excluding carboxylic acids is 2. The molecule has 3 rings (SSSR count). The minimum absolute atomic E-state index is 0.159. The van der Waals surface area contributed by atoms with Crippen LogP contribution < -0.4 is 11.1 Å². The average Bonchev–Trinajstić information content (AvgIpc) is 3.01. The molecular weight excluding hydrogens is 320 g/mol. The number of carbonyl (C=O) groups is 2. The van der Waals surface area contributed by atoms with Crippen LogP contribution in [0.25, 0.3) is 10.9 Å². The van der Waals surface area contributed by atoms with Crippen LogP contribution in [0.5, 0.6) is 0 Å². The molecule has 0 saturated carbocycles. The second-order valence-corrected chi connectivity index (χ2v) is 5.99. The molecular formula is C18H18N4O3. The lowest BCUT2D eigenvalue weighted by Crippen LogP contribution is -2.18. The third kappa shape index (κ3) is 2.96. The zero-order chi connectivity index (χ0) is 18.1. The fraction of sp³-hybridized carbons (Fsp3) is 0.222. The molecule has 2 heterocycles. The highest BCUT2D eigenvalue weighted by atomic mass is 16.5. The van der Waals surface area contributed by atoms with Crippen LogP contribution in [0.1, 0.15) is 29.9 Å². The number of nitrogen functional groups attached to an aromatic ring is 1. The molecule has 2 aromatic rings. The van der Waals surface area contributed by atoms with Gasteiger partial charge in [-0.2, -0.15) is 0 Å². The maximum Gasteiger partial charge on any atom is 0.226 e. The van der Waals surface area contributed by atoms with E-state index in [1.54, 1.807) is 32.2 Å². The first-order valence-corrected chi connectivity index (χ1v) is 7.78. The molecule has 7 heteroatoms. The van der Waals surface area contributed by atoms with E-state index < -0.39 is 0 Å². The first kappa shape index (κ1) is 16.6. The number of ketones is 1. The number of allylic oxidation sites excluding steroid dienone is 1. The van der Waals surface area contributed by atoms with Crippen LogP contribution in [0.15, 0.2) is 29.5 Å². The molecule has 1 amide bonds. The summed E-state index contributed by atoms with van der Waals surface area (Å²) in [5.74, 6) is -0.668. The molecule has 3 N–H and O–H groups in total. The molecule has 7 nitrogen and oxygen atoms in total. The number of benzene rings is 1. The summed E-state index contributed by atoms with van der Waals surface area (Å²) in [6, 6.07) is 3.27. The molecule has 0 aliphatic carbocycles. The van der Waals surface area contributed by atoms with E-state index in [1.807, 2.05) is 0 Å². The number of hydrogen-bond acceptors (Lipinski definition) is 6. The molecule has 25 heavy (non-hydrogen) atoms. The van der Waals surface area contributed by atoms with Crippen molar-refractivity contribution in [2.75, 3.05) is 18.2 Å². The number of aliphatic imine (C=N–C) groups is 1. The Labute approximate surface area is 144 Å². The molecule has 0 atom stereocenters. The standard InChI is InChI=1S/C18H18N4O3/c1-9(2)18(24)22-13-7-11(19)16-15-10(8-20-16)6-12(21-17(13)15)14(23)4-5-25-3/h4-9H,19H2,1-3H3,(H,22,24). The molecule has 1 aromatic heterocycles. The number of pyridine rings is 1. The zero-order valence-electron chi connectivity index (χ0n) is 14.2. The lowest BCUT2D eigenvalue weighted by atomic mass is 10.0. The van der Waals surface area contributed by atoms with Gasteiger partial charge in [0.2, 0.25) is 11.7 Å². The monoisotopic (exact) mass is 338 g/mol. The van der Waals surface area contributed by atoms with Crippen LogP contribution in [0.3, 0.4) is 0 Å². The van der Waals surface area contributed by atoms with Crippen molar-refractivity contribution in [3.05, 3.63) is 35.7 Å². The van der Waals surface area contributed by atoms with E-state index in [4.69, 9.17) is 10.5 Å². The molecule has 1 aliphatic rings. The molecule has 1 aliphatic heterocycles. The Morgan fingerprint density at radius 1 is 1.32 bits per heavy atom.